The molecule has 29 heavy (non-hydrogen) atoms. The largest absolute Gasteiger partial charge is 0.573 e. The zero-order valence-electron chi connectivity index (χ0n) is 15.5. The fourth-order valence-electron chi connectivity index (χ4n) is 2.38. The van der Waals surface area contributed by atoms with Gasteiger partial charge in [-0.3, -0.25) is 5.32 Å². The summed E-state index contributed by atoms with van der Waals surface area (Å²) in [6.07, 6.45) is -4.07. The zero-order chi connectivity index (χ0) is 21.0. The molecule has 7 nitrogen and oxygen atoms in total. The molecule has 10 heteroatoms. The Kier molecular flexibility index (Phi) is 5.71. The monoisotopic (exact) mass is 406 g/mol. The lowest BCUT2D eigenvalue weighted by Crippen LogP contribution is -2.17. The molecule has 3 aromatic rings. The molecule has 1 aromatic heterocycles. The molecular formula is C19H17F3N4O3. The third-order valence-corrected chi connectivity index (χ3v) is 3.56. The van der Waals surface area contributed by atoms with E-state index in [0.29, 0.717) is 22.8 Å². The van der Waals surface area contributed by atoms with Crippen molar-refractivity contribution >= 4 is 11.8 Å². The maximum Gasteiger partial charge on any atom is 0.573 e. The topological polar surface area (TPSA) is 78.3 Å². The van der Waals surface area contributed by atoms with E-state index in [0.717, 1.165) is 0 Å². The summed E-state index contributed by atoms with van der Waals surface area (Å²) in [6.45, 7) is 3.50. The van der Waals surface area contributed by atoms with Crippen molar-refractivity contribution in [3.05, 3.63) is 54.9 Å². The van der Waals surface area contributed by atoms with Gasteiger partial charge in [-0.25, -0.2) is 14.5 Å². The van der Waals surface area contributed by atoms with Crippen LogP contribution in [0.5, 0.6) is 5.75 Å². The van der Waals surface area contributed by atoms with E-state index in [4.69, 9.17) is 4.74 Å². The summed E-state index contributed by atoms with van der Waals surface area (Å²) in [6, 6.07) is 12.1. The summed E-state index contributed by atoms with van der Waals surface area (Å²) in [5.41, 5.74) is 1.77. The maximum absolute atomic E-state index is 12.2. The minimum Gasteiger partial charge on any atom is -0.447 e. The van der Waals surface area contributed by atoms with Crippen LogP contribution in [0.3, 0.4) is 0 Å². The molecule has 0 atom stereocenters. The predicted octanol–water partition coefficient (Wildman–Crippen LogP) is 4.79. The Morgan fingerprint density at radius 3 is 2.31 bits per heavy atom. The first-order valence-corrected chi connectivity index (χ1v) is 8.55. The molecular weight excluding hydrogens is 389 g/mol. The second kappa shape index (κ2) is 8.21. The smallest absolute Gasteiger partial charge is 0.447 e. The van der Waals surface area contributed by atoms with Crippen molar-refractivity contribution in [3.8, 4) is 22.8 Å². The number of benzene rings is 2. The van der Waals surface area contributed by atoms with E-state index in [1.165, 1.54) is 35.3 Å². The summed E-state index contributed by atoms with van der Waals surface area (Å²) in [4.78, 5) is 15.8. The highest BCUT2D eigenvalue weighted by molar-refractivity contribution is 5.85. The van der Waals surface area contributed by atoms with E-state index in [2.05, 4.69) is 20.1 Å². The van der Waals surface area contributed by atoms with E-state index in [1.54, 1.807) is 38.1 Å². The van der Waals surface area contributed by atoms with Gasteiger partial charge in [-0.05, 0) is 62.4 Å². The predicted molar refractivity (Wildman–Crippen MR) is 98.7 cm³/mol. The van der Waals surface area contributed by atoms with E-state index < -0.39 is 12.5 Å². The minimum atomic E-state index is -4.74. The molecule has 1 amide bonds. The van der Waals surface area contributed by atoms with Gasteiger partial charge in [0.25, 0.3) is 0 Å². The number of nitrogens with zero attached hydrogens (tertiary/aromatic N) is 3. The molecule has 0 saturated heterocycles. The number of anilines is 1. The van der Waals surface area contributed by atoms with Crippen LogP contribution in [0.1, 0.15) is 13.8 Å². The van der Waals surface area contributed by atoms with Crippen LogP contribution >= 0.6 is 0 Å². The van der Waals surface area contributed by atoms with Gasteiger partial charge in [-0.2, -0.15) is 0 Å². The molecule has 1 N–H and O–H groups in total. The van der Waals surface area contributed by atoms with Crippen molar-refractivity contribution in [2.24, 2.45) is 0 Å². The van der Waals surface area contributed by atoms with Crippen molar-refractivity contribution in [2.45, 2.75) is 26.3 Å². The summed E-state index contributed by atoms with van der Waals surface area (Å²) in [7, 11) is 0. The molecule has 152 valence electrons. The molecule has 0 unspecified atom stereocenters. The Morgan fingerprint density at radius 1 is 1.07 bits per heavy atom. The van der Waals surface area contributed by atoms with Gasteiger partial charge in [0.2, 0.25) is 0 Å². The molecule has 0 spiro atoms. The number of aromatic nitrogens is 3. The highest BCUT2D eigenvalue weighted by atomic mass is 19.4. The first-order chi connectivity index (χ1) is 13.7. The Morgan fingerprint density at radius 2 is 1.72 bits per heavy atom. The van der Waals surface area contributed by atoms with E-state index in [9.17, 15) is 18.0 Å². The third-order valence-electron chi connectivity index (χ3n) is 3.56. The average molecular weight is 406 g/mol. The third kappa shape index (κ3) is 5.71. The Labute approximate surface area is 164 Å². The number of amides is 1. The molecule has 0 aliphatic carbocycles. The van der Waals surface area contributed by atoms with Crippen molar-refractivity contribution < 1.29 is 27.4 Å². The number of ether oxygens (including phenoxy) is 2. The number of nitrogens with one attached hydrogen (secondary N) is 1. The number of alkyl halides is 3. The molecule has 0 fully saturated rings. The lowest BCUT2D eigenvalue weighted by molar-refractivity contribution is -0.274. The standard InChI is InChI=1S/C19H17F3N4O3/c1-12(2)28-18(27)24-14-5-3-13(4-6-14)17-23-11-26(25-17)15-7-9-16(10-8-15)29-19(20,21)22/h3-12H,1-2H3,(H,24,27). The SMILES string of the molecule is CC(C)OC(=O)Nc1ccc(-c2ncn(-c3ccc(OC(F)(F)F)cc3)n2)cc1. The van der Waals surface area contributed by atoms with Crippen molar-refractivity contribution in [1.82, 2.24) is 14.8 Å². The summed E-state index contributed by atoms with van der Waals surface area (Å²) in [5, 5.41) is 6.92. The van der Waals surface area contributed by atoms with Crippen molar-refractivity contribution in [2.75, 3.05) is 5.32 Å². The van der Waals surface area contributed by atoms with E-state index in [1.807, 2.05) is 0 Å². The molecule has 0 aliphatic heterocycles. The van der Waals surface area contributed by atoms with Gasteiger partial charge < -0.3 is 9.47 Å². The highest BCUT2D eigenvalue weighted by Crippen LogP contribution is 2.24. The molecule has 0 bridgehead atoms. The Hall–Kier alpha value is -3.56. The van der Waals surface area contributed by atoms with E-state index >= 15 is 0 Å². The number of rotatable bonds is 5. The molecule has 0 radical (unpaired) electrons. The lowest BCUT2D eigenvalue weighted by atomic mass is 10.2. The summed E-state index contributed by atoms with van der Waals surface area (Å²) >= 11 is 0. The summed E-state index contributed by atoms with van der Waals surface area (Å²) < 4.78 is 47.0. The van der Waals surface area contributed by atoms with E-state index in [-0.39, 0.29) is 11.9 Å². The van der Waals surface area contributed by atoms with Crippen LogP contribution in [-0.2, 0) is 4.74 Å². The fraction of sp³-hybridized carbons (Fsp3) is 0.211. The molecule has 0 aliphatic rings. The number of hydrogen-bond acceptors (Lipinski definition) is 5. The van der Waals surface area contributed by atoms with Gasteiger partial charge in [0.05, 0.1) is 11.8 Å². The van der Waals surface area contributed by atoms with Gasteiger partial charge in [0.1, 0.15) is 12.1 Å². The number of hydrogen-bond donors (Lipinski definition) is 1. The van der Waals surface area contributed by atoms with Gasteiger partial charge in [-0.1, -0.05) is 0 Å². The van der Waals surface area contributed by atoms with Gasteiger partial charge in [0, 0.05) is 11.3 Å². The van der Waals surface area contributed by atoms with Crippen LogP contribution in [-0.4, -0.2) is 33.3 Å². The maximum atomic E-state index is 12.2. The van der Waals surface area contributed by atoms with Gasteiger partial charge >= 0.3 is 12.5 Å². The van der Waals surface area contributed by atoms with Crippen LogP contribution in [0.15, 0.2) is 54.9 Å². The molecule has 0 saturated carbocycles. The molecule has 1 heterocycles. The number of halogens is 3. The quantitative estimate of drug-likeness (QED) is 0.659. The minimum absolute atomic E-state index is 0.225. The van der Waals surface area contributed by atoms with Crippen LogP contribution in [0, 0.1) is 0 Å². The molecule has 3 rings (SSSR count). The average Bonchev–Trinajstić information content (AvgIpc) is 3.11. The van der Waals surface area contributed by atoms with Crippen molar-refractivity contribution in [3.63, 3.8) is 0 Å². The van der Waals surface area contributed by atoms with Crippen molar-refractivity contribution in [1.29, 1.82) is 0 Å². The molecule has 2 aromatic carbocycles. The van der Waals surface area contributed by atoms with Crippen LogP contribution < -0.4 is 10.1 Å². The van der Waals surface area contributed by atoms with Crippen LogP contribution in [0.2, 0.25) is 0 Å². The lowest BCUT2D eigenvalue weighted by Gasteiger charge is -2.09. The Bertz CT molecular complexity index is 968. The van der Waals surface area contributed by atoms with Crippen LogP contribution in [0.4, 0.5) is 23.7 Å². The fourth-order valence-corrected chi connectivity index (χ4v) is 2.38. The van der Waals surface area contributed by atoms with Crippen LogP contribution in [0.25, 0.3) is 17.1 Å². The normalized spacial score (nSPS) is 11.4. The number of carbonyl (C=O) groups is 1. The first-order valence-electron chi connectivity index (χ1n) is 8.55. The second-order valence-electron chi connectivity index (χ2n) is 6.21. The Balaban J connectivity index is 1.69. The first kappa shape index (κ1) is 20.2. The highest BCUT2D eigenvalue weighted by Gasteiger charge is 2.31. The van der Waals surface area contributed by atoms with Gasteiger partial charge in [-0.15, -0.1) is 18.3 Å². The zero-order valence-corrected chi connectivity index (χ0v) is 15.5. The summed E-state index contributed by atoms with van der Waals surface area (Å²) in [5.74, 6) is 0.0950. The number of carbonyl (C=O) groups excluding carboxylic acids is 1. The second-order valence-corrected chi connectivity index (χ2v) is 6.21. The van der Waals surface area contributed by atoms with Gasteiger partial charge in [0.15, 0.2) is 5.82 Å².